The van der Waals surface area contributed by atoms with Gasteiger partial charge in [0.2, 0.25) is 0 Å². The molecular formula is C17H19N3OS. The highest BCUT2D eigenvalue weighted by atomic mass is 32.1. The zero-order chi connectivity index (χ0) is 15.6. The lowest BCUT2D eigenvalue weighted by molar-refractivity contribution is 0.319. The smallest absolute Gasteiger partial charge is 0.190 e. The van der Waals surface area contributed by atoms with Gasteiger partial charge in [-0.05, 0) is 48.5 Å². The number of phenolic OH excluding ortho intramolecular Hbond substituents is 1. The van der Waals surface area contributed by atoms with E-state index in [0.717, 1.165) is 24.1 Å². The summed E-state index contributed by atoms with van der Waals surface area (Å²) in [6.07, 6.45) is 1.87. The van der Waals surface area contributed by atoms with E-state index >= 15 is 0 Å². The van der Waals surface area contributed by atoms with E-state index in [4.69, 9.17) is 12.2 Å². The lowest BCUT2D eigenvalue weighted by atomic mass is 9.95. The summed E-state index contributed by atoms with van der Waals surface area (Å²) >= 11 is 5.51. The van der Waals surface area contributed by atoms with Gasteiger partial charge in [-0.25, -0.2) is 5.01 Å². The van der Waals surface area contributed by atoms with E-state index in [1.165, 1.54) is 0 Å². The summed E-state index contributed by atoms with van der Waals surface area (Å²) in [6, 6.07) is 17.2. The van der Waals surface area contributed by atoms with Crippen molar-refractivity contribution in [1.29, 1.82) is 0 Å². The highest BCUT2D eigenvalue weighted by molar-refractivity contribution is 7.80. The molecule has 0 bridgehead atoms. The van der Waals surface area contributed by atoms with E-state index in [-0.39, 0.29) is 5.75 Å². The predicted molar refractivity (Wildman–Crippen MR) is 92.5 cm³/mol. The summed E-state index contributed by atoms with van der Waals surface area (Å²) < 4.78 is 0. The minimum atomic E-state index is -0.449. The monoisotopic (exact) mass is 313 g/mol. The van der Waals surface area contributed by atoms with Crippen LogP contribution in [0.3, 0.4) is 0 Å². The largest absolute Gasteiger partial charge is 0.508 e. The Morgan fingerprint density at radius 2 is 1.77 bits per heavy atom. The SMILES string of the molecule is CCC[C@@]1(c2ccc(O)cc2)NC(=S)N(c2ccccc2)N1. The van der Waals surface area contributed by atoms with Gasteiger partial charge in [0.25, 0.3) is 0 Å². The van der Waals surface area contributed by atoms with E-state index in [1.807, 2.05) is 47.5 Å². The molecule has 1 aliphatic heterocycles. The number of hydrogen-bond acceptors (Lipinski definition) is 3. The first kappa shape index (κ1) is 14.8. The molecule has 5 heteroatoms. The van der Waals surface area contributed by atoms with Crippen molar-refractivity contribution in [2.45, 2.75) is 25.4 Å². The van der Waals surface area contributed by atoms with Gasteiger partial charge in [0.1, 0.15) is 11.4 Å². The summed E-state index contributed by atoms with van der Waals surface area (Å²) in [5.41, 5.74) is 5.10. The van der Waals surface area contributed by atoms with E-state index in [0.29, 0.717) is 5.11 Å². The number of hydrazine groups is 1. The van der Waals surface area contributed by atoms with Gasteiger partial charge in [-0.2, -0.15) is 5.43 Å². The molecule has 1 fully saturated rings. The van der Waals surface area contributed by atoms with Crippen LogP contribution in [0.5, 0.6) is 5.75 Å². The number of benzene rings is 2. The second-order valence-electron chi connectivity index (χ2n) is 5.42. The van der Waals surface area contributed by atoms with Crippen molar-refractivity contribution in [3.63, 3.8) is 0 Å². The normalized spacial score (nSPS) is 21.0. The van der Waals surface area contributed by atoms with Crippen LogP contribution in [0.2, 0.25) is 0 Å². The van der Waals surface area contributed by atoms with E-state index < -0.39 is 5.66 Å². The molecule has 0 aliphatic carbocycles. The Hall–Kier alpha value is -2.11. The summed E-state index contributed by atoms with van der Waals surface area (Å²) in [4.78, 5) is 0. The quantitative estimate of drug-likeness (QED) is 0.757. The average Bonchev–Trinajstić information content (AvgIpc) is 2.87. The standard InChI is InChI=1S/C17H19N3OS/c1-2-12-17(13-8-10-15(21)11-9-13)18-16(22)20(19-17)14-6-4-3-5-7-14/h3-11,19,21H,2,12H2,1H3,(H,18,22)/t17-/m1/s1. The molecule has 4 nitrogen and oxygen atoms in total. The molecule has 0 spiro atoms. The summed E-state index contributed by atoms with van der Waals surface area (Å²) in [5.74, 6) is 0.260. The molecule has 0 saturated carbocycles. The fourth-order valence-electron chi connectivity index (χ4n) is 2.79. The topological polar surface area (TPSA) is 47.5 Å². The van der Waals surface area contributed by atoms with Crippen LogP contribution in [0.25, 0.3) is 0 Å². The molecule has 1 heterocycles. The Morgan fingerprint density at radius 3 is 2.41 bits per heavy atom. The molecule has 0 aromatic heterocycles. The number of phenols is 1. The fraction of sp³-hybridized carbons (Fsp3) is 0.235. The van der Waals surface area contributed by atoms with Crippen molar-refractivity contribution in [3.8, 4) is 5.75 Å². The Balaban J connectivity index is 1.96. The van der Waals surface area contributed by atoms with Crippen LogP contribution in [-0.4, -0.2) is 10.2 Å². The molecular weight excluding hydrogens is 294 g/mol. The Bertz CT molecular complexity index is 659. The van der Waals surface area contributed by atoms with Crippen LogP contribution < -0.4 is 15.8 Å². The minimum Gasteiger partial charge on any atom is -0.508 e. The minimum absolute atomic E-state index is 0.260. The highest BCUT2D eigenvalue weighted by Crippen LogP contribution is 2.31. The van der Waals surface area contributed by atoms with Crippen molar-refractivity contribution < 1.29 is 5.11 Å². The summed E-state index contributed by atoms with van der Waals surface area (Å²) in [7, 11) is 0. The second-order valence-corrected chi connectivity index (χ2v) is 5.80. The van der Waals surface area contributed by atoms with Crippen molar-refractivity contribution >= 4 is 23.0 Å². The molecule has 1 saturated heterocycles. The molecule has 1 aliphatic rings. The first-order valence-corrected chi connectivity index (χ1v) is 7.80. The lowest BCUT2D eigenvalue weighted by Gasteiger charge is -2.30. The first-order valence-electron chi connectivity index (χ1n) is 7.39. The third-order valence-corrected chi connectivity index (χ3v) is 4.11. The molecule has 0 radical (unpaired) electrons. The Morgan fingerprint density at radius 1 is 1.09 bits per heavy atom. The van der Waals surface area contributed by atoms with Crippen LogP contribution in [0, 0.1) is 0 Å². The average molecular weight is 313 g/mol. The van der Waals surface area contributed by atoms with Crippen LogP contribution >= 0.6 is 12.2 Å². The predicted octanol–water partition coefficient (Wildman–Crippen LogP) is 3.24. The van der Waals surface area contributed by atoms with Crippen molar-refractivity contribution in [3.05, 3.63) is 60.2 Å². The van der Waals surface area contributed by atoms with Gasteiger partial charge in [0.15, 0.2) is 5.11 Å². The lowest BCUT2D eigenvalue weighted by Crippen LogP contribution is -2.48. The third-order valence-electron chi connectivity index (χ3n) is 3.83. The number of hydrogen-bond donors (Lipinski definition) is 3. The van der Waals surface area contributed by atoms with Crippen molar-refractivity contribution in [2.75, 3.05) is 5.01 Å². The first-order chi connectivity index (χ1) is 10.6. The van der Waals surface area contributed by atoms with Gasteiger partial charge in [0, 0.05) is 0 Å². The van der Waals surface area contributed by atoms with E-state index in [2.05, 4.69) is 17.7 Å². The van der Waals surface area contributed by atoms with E-state index in [1.54, 1.807) is 12.1 Å². The highest BCUT2D eigenvalue weighted by Gasteiger charge is 2.41. The maximum atomic E-state index is 9.52. The van der Waals surface area contributed by atoms with Crippen LogP contribution in [0.4, 0.5) is 5.69 Å². The number of nitrogens with one attached hydrogen (secondary N) is 2. The zero-order valence-corrected chi connectivity index (χ0v) is 13.2. The number of nitrogens with zero attached hydrogens (tertiary/aromatic N) is 1. The summed E-state index contributed by atoms with van der Waals surface area (Å²) in [6.45, 7) is 2.14. The van der Waals surface area contributed by atoms with Gasteiger partial charge < -0.3 is 10.4 Å². The molecule has 3 N–H and O–H groups in total. The Labute approximate surface area is 135 Å². The molecule has 0 amide bonds. The molecule has 3 rings (SSSR count). The number of para-hydroxylation sites is 1. The zero-order valence-electron chi connectivity index (χ0n) is 12.4. The number of anilines is 1. The van der Waals surface area contributed by atoms with Crippen LogP contribution in [0.1, 0.15) is 25.3 Å². The molecule has 2 aromatic carbocycles. The molecule has 1 atom stereocenters. The maximum Gasteiger partial charge on any atom is 0.190 e. The Kier molecular flexibility index (Phi) is 4.00. The molecule has 22 heavy (non-hydrogen) atoms. The van der Waals surface area contributed by atoms with Crippen LogP contribution in [0.15, 0.2) is 54.6 Å². The van der Waals surface area contributed by atoms with Gasteiger partial charge in [-0.1, -0.05) is 43.7 Å². The number of thiocarbonyl (C=S) groups is 1. The number of aromatic hydroxyl groups is 1. The van der Waals surface area contributed by atoms with Gasteiger partial charge in [-0.15, -0.1) is 0 Å². The number of rotatable bonds is 4. The van der Waals surface area contributed by atoms with Gasteiger partial charge >= 0.3 is 0 Å². The second kappa shape index (κ2) is 5.94. The van der Waals surface area contributed by atoms with Crippen molar-refractivity contribution in [2.24, 2.45) is 0 Å². The summed E-state index contributed by atoms with van der Waals surface area (Å²) in [5, 5.41) is 15.5. The van der Waals surface area contributed by atoms with Crippen LogP contribution in [-0.2, 0) is 5.66 Å². The third kappa shape index (κ3) is 2.65. The van der Waals surface area contributed by atoms with Crippen molar-refractivity contribution in [1.82, 2.24) is 10.7 Å². The van der Waals surface area contributed by atoms with E-state index in [9.17, 15) is 5.11 Å². The van der Waals surface area contributed by atoms with Gasteiger partial charge in [-0.3, -0.25) is 0 Å². The maximum absolute atomic E-state index is 9.52. The van der Waals surface area contributed by atoms with Gasteiger partial charge in [0.05, 0.1) is 5.69 Å². The fourth-order valence-corrected chi connectivity index (χ4v) is 3.11. The molecule has 0 unspecified atom stereocenters. The molecule has 2 aromatic rings. The molecule has 114 valence electrons.